The summed E-state index contributed by atoms with van der Waals surface area (Å²) in [7, 11) is -4.00. The first-order valence-electron chi connectivity index (χ1n) is 12.4. The van der Waals surface area contributed by atoms with E-state index in [2.05, 4.69) is 5.32 Å². The zero-order chi connectivity index (χ0) is 26.4. The van der Waals surface area contributed by atoms with E-state index in [1.807, 2.05) is 87.5 Å². The maximum atomic E-state index is 13.9. The van der Waals surface area contributed by atoms with Gasteiger partial charge in [0, 0.05) is 0 Å². The SMILES string of the molecule is CCc1ccccc1N(CC(=O)N[C@H](c1ccccc1)c1ccccc1C)S(=O)(=O)c1ccc(C)cc1. The van der Waals surface area contributed by atoms with Gasteiger partial charge in [0.25, 0.3) is 10.0 Å². The standard InChI is InChI=1S/C31H32N2O3S/c1-4-25-13-9-11-17-29(25)33(37(35,36)27-20-18-23(2)19-21-27)22-30(34)32-31(26-14-6-5-7-15-26)28-16-10-8-12-24(28)3/h5-21,31H,4,22H2,1-3H3,(H,32,34)/t31-/m1/s1. The molecule has 1 amide bonds. The maximum absolute atomic E-state index is 13.9. The summed E-state index contributed by atoms with van der Waals surface area (Å²) in [5, 5.41) is 3.12. The Hall–Kier alpha value is -3.90. The van der Waals surface area contributed by atoms with Crippen molar-refractivity contribution in [1.82, 2.24) is 5.32 Å². The second-order valence-electron chi connectivity index (χ2n) is 9.07. The smallest absolute Gasteiger partial charge is 0.264 e. The van der Waals surface area contributed by atoms with E-state index in [-0.39, 0.29) is 11.4 Å². The molecule has 37 heavy (non-hydrogen) atoms. The molecule has 0 saturated carbocycles. The number of benzene rings is 4. The molecule has 4 aromatic carbocycles. The molecule has 190 valence electrons. The number of amides is 1. The lowest BCUT2D eigenvalue weighted by atomic mass is 9.95. The fraction of sp³-hybridized carbons (Fsp3) is 0.194. The number of sulfonamides is 1. The predicted molar refractivity (Wildman–Crippen MR) is 149 cm³/mol. The van der Waals surface area contributed by atoms with Crippen molar-refractivity contribution in [1.29, 1.82) is 0 Å². The van der Waals surface area contributed by atoms with Crippen LogP contribution in [0, 0.1) is 13.8 Å². The van der Waals surface area contributed by atoms with Crippen molar-refractivity contribution in [2.75, 3.05) is 10.8 Å². The van der Waals surface area contributed by atoms with Crippen LogP contribution in [-0.2, 0) is 21.2 Å². The minimum atomic E-state index is -4.00. The molecule has 0 unspecified atom stereocenters. The quantitative estimate of drug-likeness (QED) is 0.301. The van der Waals surface area contributed by atoms with E-state index in [1.165, 1.54) is 4.31 Å². The van der Waals surface area contributed by atoms with E-state index in [0.29, 0.717) is 12.1 Å². The molecular weight excluding hydrogens is 480 g/mol. The van der Waals surface area contributed by atoms with Crippen molar-refractivity contribution >= 4 is 21.6 Å². The van der Waals surface area contributed by atoms with Crippen LogP contribution in [0.25, 0.3) is 0 Å². The van der Waals surface area contributed by atoms with Gasteiger partial charge in [-0.3, -0.25) is 9.10 Å². The highest BCUT2D eigenvalue weighted by Gasteiger charge is 2.29. The number of carbonyl (C=O) groups excluding carboxylic acids is 1. The fourth-order valence-electron chi connectivity index (χ4n) is 4.42. The highest BCUT2D eigenvalue weighted by atomic mass is 32.2. The molecule has 0 heterocycles. The van der Waals surface area contributed by atoms with Gasteiger partial charge in [0.1, 0.15) is 6.54 Å². The van der Waals surface area contributed by atoms with Crippen molar-refractivity contribution in [3.05, 3.63) is 131 Å². The second-order valence-corrected chi connectivity index (χ2v) is 10.9. The number of carbonyl (C=O) groups is 1. The van der Waals surface area contributed by atoms with Gasteiger partial charge in [-0.2, -0.15) is 0 Å². The average Bonchev–Trinajstić information content (AvgIpc) is 2.91. The predicted octanol–water partition coefficient (Wildman–Crippen LogP) is 5.97. The monoisotopic (exact) mass is 512 g/mol. The third kappa shape index (κ3) is 5.92. The van der Waals surface area contributed by atoms with Gasteiger partial charge in [0.05, 0.1) is 16.6 Å². The van der Waals surface area contributed by atoms with Crippen molar-refractivity contribution in [3.63, 3.8) is 0 Å². The Balaban J connectivity index is 1.73. The van der Waals surface area contributed by atoms with Crippen LogP contribution in [0.4, 0.5) is 5.69 Å². The Labute approximate surface area is 219 Å². The summed E-state index contributed by atoms with van der Waals surface area (Å²) in [5.74, 6) is -0.390. The highest BCUT2D eigenvalue weighted by Crippen LogP contribution is 2.29. The molecule has 1 atom stereocenters. The lowest BCUT2D eigenvalue weighted by Gasteiger charge is -2.28. The van der Waals surface area contributed by atoms with Crippen molar-refractivity contribution in [2.24, 2.45) is 0 Å². The number of hydrogen-bond donors (Lipinski definition) is 1. The number of nitrogens with one attached hydrogen (secondary N) is 1. The first-order valence-corrected chi connectivity index (χ1v) is 13.8. The number of nitrogens with zero attached hydrogens (tertiary/aromatic N) is 1. The van der Waals surface area contributed by atoms with Crippen LogP contribution in [0.15, 0.2) is 108 Å². The summed E-state index contributed by atoms with van der Waals surface area (Å²) in [4.78, 5) is 13.8. The summed E-state index contributed by atoms with van der Waals surface area (Å²) in [6, 6.07) is 31.2. The zero-order valence-electron chi connectivity index (χ0n) is 21.4. The van der Waals surface area contributed by atoms with E-state index in [4.69, 9.17) is 0 Å². The number of para-hydroxylation sites is 1. The number of rotatable bonds is 9. The lowest BCUT2D eigenvalue weighted by molar-refractivity contribution is -0.120. The van der Waals surface area contributed by atoms with Gasteiger partial charge in [0.15, 0.2) is 0 Å². The molecule has 4 aromatic rings. The van der Waals surface area contributed by atoms with E-state index < -0.39 is 22.0 Å². The summed E-state index contributed by atoms with van der Waals surface area (Å²) < 4.78 is 29.0. The summed E-state index contributed by atoms with van der Waals surface area (Å²) in [5.41, 5.74) is 5.24. The molecule has 5 nitrogen and oxygen atoms in total. The van der Waals surface area contributed by atoms with Crippen LogP contribution in [-0.4, -0.2) is 20.9 Å². The normalized spacial score (nSPS) is 12.1. The Bertz CT molecular complexity index is 1470. The van der Waals surface area contributed by atoms with E-state index in [9.17, 15) is 13.2 Å². The number of hydrogen-bond acceptors (Lipinski definition) is 3. The Morgan fingerprint density at radius 1 is 0.811 bits per heavy atom. The van der Waals surface area contributed by atoms with E-state index in [1.54, 1.807) is 36.4 Å². The van der Waals surface area contributed by atoms with Crippen LogP contribution in [0.1, 0.15) is 40.8 Å². The third-order valence-electron chi connectivity index (χ3n) is 6.48. The molecule has 0 aliphatic heterocycles. The second kappa shape index (κ2) is 11.4. The van der Waals surface area contributed by atoms with Gasteiger partial charge < -0.3 is 5.32 Å². The molecular formula is C31H32N2O3S. The molecule has 6 heteroatoms. The van der Waals surface area contributed by atoms with Gasteiger partial charge in [-0.05, 0) is 60.7 Å². The zero-order valence-corrected chi connectivity index (χ0v) is 22.2. The van der Waals surface area contributed by atoms with Gasteiger partial charge >= 0.3 is 0 Å². The third-order valence-corrected chi connectivity index (χ3v) is 8.25. The molecule has 0 radical (unpaired) electrons. The molecule has 0 spiro atoms. The first-order chi connectivity index (χ1) is 17.8. The van der Waals surface area contributed by atoms with Crippen LogP contribution < -0.4 is 9.62 Å². The minimum absolute atomic E-state index is 0.148. The van der Waals surface area contributed by atoms with Crippen LogP contribution >= 0.6 is 0 Å². The van der Waals surface area contributed by atoms with Gasteiger partial charge in [0.2, 0.25) is 5.91 Å². The molecule has 0 saturated heterocycles. The minimum Gasteiger partial charge on any atom is -0.344 e. The fourth-order valence-corrected chi connectivity index (χ4v) is 5.88. The van der Waals surface area contributed by atoms with Gasteiger partial charge in [-0.15, -0.1) is 0 Å². The molecule has 0 fully saturated rings. The van der Waals surface area contributed by atoms with Crippen molar-refractivity contribution in [3.8, 4) is 0 Å². The largest absolute Gasteiger partial charge is 0.344 e. The molecule has 4 rings (SSSR count). The maximum Gasteiger partial charge on any atom is 0.264 e. The molecule has 0 bridgehead atoms. The van der Waals surface area contributed by atoms with Gasteiger partial charge in [-0.1, -0.05) is 97.4 Å². The summed E-state index contributed by atoms with van der Waals surface area (Å²) >= 11 is 0. The molecule has 0 aliphatic carbocycles. The van der Waals surface area contributed by atoms with Crippen LogP contribution in [0.3, 0.4) is 0 Å². The van der Waals surface area contributed by atoms with E-state index >= 15 is 0 Å². The molecule has 1 N–H and O–H groups in total. The van der Waals surface area contributed by atoms with E-state index in [0.717, 1.165) is 27.8 Å². The molecule has 0 aromatic heterocycles. The Kier molecular flexibility index (Phi) is 8.09. The van der Waals surface area contributed by atoms with Crippen molar-refractivity contribution < 1.29 is 13.2 Å². The number of aryl methyl sites for hydroxylation is 3. The average molecular weight is 513 g/mol. The Morgan fingerprint density at radius 3 is 2.11 bits per heavy atom. The summed E-state index contributed by atoms with van der Waals surface area (Å²) in [6.07, 6.45) is 0.633. The molecule has 0 aliphatic rings. The highest BCUT2D eigenvalue weighted by molar-refractivity contribution is 7.92. The summed E-state index contributed by atoms with van der Waals surface area (Å²) in [6.45, 7) is 5.54. The first kappa shape index (κ1) is 26.2. The topological polar surface area (TPSA) is 66.5 Å². The number of anilines is 1. The van der Waals surface area contributed by atoms with Crippen LogP contribution in [0.5, 0.6) is 0 Å². The van der Waals surface area contributed by atoms with Gasteiger partial charge in [-0.25, -0.2) is 8.42 Å². The Morgan fingerprint density at radius 2 is 1.43 bits per heavy atom. The van der Waals surface area contributed by atoms with Crippen LogP contribution in [0.2, 0.25) is 0 Å². The van der Waals surface area contributed by atoms with Crippen molar-refractivity contribution in [2.45, 2.75) is 38.1 Å². The lowest BCUT2D eigenvalue weighted by Crippen LogP contribution is -2.42.